The van der Waals surface area contributed by atoms with E-state index >= 15 is 0 Å². The van der Waals surface area contributed by atoms with Gasteiger partial charge in [-0.3, -0.25) is 30.1 Å². The second-order valence-corrected chi connectivity index (χ2v) is 7.94. The van der Waals surface area contributed by atoms with Gasteiger partial charge in [0.2, 0.25) is 0 Å². The normalized spacial score (nSPS) is 14.9. The molecular weight excluding hydrogens is 434 g/mol. The molecule has 0 bridgehead atoms. The molecule has 0 unspecified atom stereocenters. The molecule has 0 spiro atoms. The van der Waals surface area contributed by atoms with Crippen molar-refractivity contribution in [1.82, 2.24) is 15.8 Å². The summed E-state index contributed by atoms with van der Waals surface area (Å²) in [5.74, 6) is -1.11. The van der Waals surface area contributed by atoms with Crippen LogP contribution in [0.15, 0.2) is 71.7 Å². The number of carbonyl (C=O) groups is 3. The first kappa shape index (κ1) is 22.3. The number of hydrogen-bond donors (Lipinski definition) is 2. The summed E-state index contributed by atoms with van der Waals surface area (Å²) < 4.78 is 5.40. The van der Waals surface area contributed by atoms with Gasteiger partial charge in [0.1, 0.15) is 16.6 Å². The fourth-order valence-electron chi connectivity index (χ4n) is 2.67. The topological polar surface area (TPSA) is 87.7 Å². The number of thioether (sulfide) groups is 1. The van der Waals surface area contributed by atoms with Crippen molar-refractivity contribution in [3.63, 3.8) is 0 Å². The second-order valence-electron chi connectivity index (χ2n) is 6.26. The third-order valence-electron chi connectivity index (χ3n) is 4.18. The number of amides is 3. The Labute approximate surface area is 189 Å². The average molecular weight is 454 g/mol. The minimum Gasteiger partial charge on any atom is -0.496 e. The lowest BCUT2D eigenvalue weighted by atomic mass is 10.2. The third kappa shape index (κ3) is 5.80. The van der Waals surface area contributed by atoms with Crippen LogP contribution in [-0.2, 0) is 9.59 Å². The largest absolute Gasteiger partial charge is 0.496 e. The lowest BCUT2D eigenvalue weighted by molar-refractivity contribution is -0.129. The molecule has 1 saturated heterocycles. The molecule has 3 amide bonds. The predicted molar refractivity (Wildman–Crippen MR) is 124 cm³/mol. The van der Waals surface area contributed by atoms with Gasteiger partial charge in [-0.25, -0.2) is 0 Å². The van der Waals surface area contributed by atoms with E-state index in [0.717, 1.165) is 17.3 Å². The number of allylic oxidation sites excluding steroid dienone is 2. The van der Waals surface area contributed by atoms with Crippen LogP contribution in [0.5, 0.6) is 5.75 Å². The lowest BCUT2D eigenvalue weighted by Crippen LogP contribution is -2.47. The van der Waals surface area contributed by atoms with E-state index in [9.17, 15) is 14.4 Å². The van der Waals surface area contributed by atoms with Crippen LogP contribution in [0.25, 0.3) is 6.08 Å². The monoisotopic (exact) mass is 453 g/mol. The van der Waals surface area contributed by atoms with E-state index in [1.807, 2.05) is 36.4 Å². The highest BCUT2D eigenvalue weighted by molar-refractivity contribution is 8.26. The van der Waals surface area contributed by atoms with Crippen LogP contribution < -0.4 is 15.6 Å². The van der Waals surface area contributed by atoms with Crippen LogP contribution in [-0.4, -0.2) is 40.6 Å². The number of hydrazine groups is 1. The molecule has 1 fully saturated rings. The molecule has 1 heterocycles. The molecule has 1 aliphatic rings. The van der Waals surface area contributed by atoms with Crippen molar-refractivity contribution in [2.45, 2.75) is 0 Å². The molecule has 9 heteroatoms. The van der Waals surface area contributed by atoms with E-state index in [1.165, 1.54) is 12.0 Å². The van der Waals surface area contributed by atoms with Gasteiger partial charge in [0.15, 0.2) is 0 Å². The minimum absolute atomic E-state index is 0.268. The van der Waals surface area contributed by atoms with Crippen molar-refractivity contribution in [2.24, 2.45) is 0 Å². The van der Waals surface area contributed by atoms with Gasteiger partial charge in [0, 0.05) is 0 Å². The molecule has 2 aromatic carbocycles. The summed E-state index contributed by atoms with van der Waals surface area (Å²) in [4.78, 5) is 38.7. The molecule has 2 N–H and O–H groups in total. The van der Waals surface area contributed by atoms with Gasteiger partial charge in [-0.1, -0.05) is 78.6 Å². The molecule has 1 aliphatic heterocycles. The Bertz CT molecular complexity index is 1070. The molecule has 0 aliphatic carbocycles. The summed E-state index contributed by atoms with van der Waals surface area (Å²) in [5, 5.41) is 0. The summed E-state index contributed by atoms with van der Waals surface area (Å²) >= 11 is 6.34. The fourth-order valence-corrected chi connectivity index (χ4v) is 3.88. The Hall–Kier alpha value is -3.43. The van der Waals surface area contributed by atoms with Gasteiger partial charge in [-0.05, 0) is 23.8 Å². The highest BCUT2D eigenvalue weighted by atomic mass is 32.2. The molecule has 31 heavy (non-hydrogen) atoms. The molecule has 0 atom stereocenters. The smallest absolute Gasteiger partial charge is 0.273 e. The highest BCUT2D eigenvalue weighted by Gasteiger charge is 2.33. The van der Waals surface area contributed by atoms with E-state index in [-0.39, 0.29) is 22.3 Å². The number of rotatable bonds is 6. The minimum atomic E-state index is -0.583. The van der Waals surface area contributed by atoms with Crippen LogP contribution in [0.4, 0.5) is 0 Å². The molecule has 2 aromatic rings. The Morgan fingerprint density at radius 1 is 1.10 bits per heavy atom. The Kier molecular flexibility index (Phi) is 7.58. The van der Waals surface area contributed by atoms with E-state index in [2.05, 4.69) is 10.9 Å². The molecule has 0 radical (unpaired) electrons. The summed E-state index contributed by atoms with van der Waals surface area (Å²) in [6, 6.07) is 16.3. The average Bonchev–Trinajstić information content (AvgIpc) is 3.05. The van der Waals surface area contributed by atoms with Crippen molar-refractivity contribution in [3.8, 4) is 5.75 Å². The van der Waals surface area contributed by atoms with Crippen molar-refractivity contribution in [3.05, 3.63) is 82.8 Å². The fraction of sp³-hybridized carbons (Fsp3) is 0.0909. The van der Waals surface area contributed by atoms with Gasteiger partial charge >= 0.3 is 0 Å². The van der Waals surface area contributed by atoms with Gasteiger partial charge in [0.05, 0.1) is 17.6 Å². The molecule has 158 valence electrons. The first-order valence-corrected chi connectivity index (χ1v) is 10.4. The molecule has 0 saturated carbocycles. The van der Waals surface area contributed by atoms with Crippen LogP contribution in [0.2, 0.25) is 0 Å². The van der Waals surface area contributed by atoms with Gasteiger partial charge in [-0.15, -0.1) is 0 Å². The van der Waals surface area contributed by atoms with Crippen molar-refractivity contribution in [1.29, 1.82) is 0 Å². The highest BCUT2D eigenvalue weighted by Crippen LogP contribution is 2.30. The maximum atomic E-state index is 12.6. The number of carbonyl (C=O) groups excluding carboxylic acids is 3. The quantitative estimate of drug-likeness (QED) is 0.397. The van der Waals surface area contributed by atoms with E-state index in [0.29, 0.717) is 10.7 Å². The van der Waals surface area contributed by atoms with Crippen LogP contribution in [0.1, 0.15) is 15.9 Å². The number of nitrogens with zero attached hydrogens (tertiary/aromatic N) is 1. The Balaban J connectivity index is 1.55. The number of benzene rings is 2. The van der Waals surface area contributed by atoms with E-state index in [1.54, 1.807) is 36.4 Å². The van der Waals surface area contributed by atoms with Gasteiger partial charge in [-0.2, -0.15) is 0 Å². The first-order valence-electron chi connectivity index (χ1n) is 9.19. The van der Waals surface area contributed by atoms with Gasteiger partial charge in [0.25, 0.3) is 17.7 Å². The predicted octanol–water partition coefficient (Wildman–Crippen LogP) is 2.91. The molecular formula is C22H19N3O4S2. The summed E-state index contributed by atoms with van der Waals surface area (Å²) in [7, 11) is 1.45. The molecule has 7 nitrogen and oxygen atoms in total. The molecule has 0 aromatic heterocycles. The number of thiocarbonyl (C=S) groups is 1. The SMILES string of the molecule is COc1ccccc1C(=O)NNC(=O)CN1C(=O)C(=CC=Cc2ccccc2)SC1=S. The summed E-state index contributed by atoms with van der Waals surface area (Å²) in [5.41, 5.74) is 5.86. The first-order chi connectivity index (χ1) is 15.0. The van der Waals surface area contributed by atoms with Crippen molar-refractivity contribution >= 4 is 52.1 Å². The Morgan fingerprint density at radius 2 is 1.81 bits per heavy atom. The zero-order valence-electron chi connectivity index (χ0n) is 16.5. The van der Waals surface area contributed by atoms with Gasteiger partial charge < -0.3 is 4.74 Å². The maximum Gasteiger partial charge on any atom is 0.273 e. The number of hydrogen-bond acceptors (Lipinski definition) is 6. The maximum absolute atomic E-state index is 12.6. The summed E-state index contributed by atoms with van der Waals surface area (Å²) in [6.45, 7) is -0.309. The van der Waals surface area contributed by atoms with E-state index in [4.69, 9.17) is 17.0 Å². The second kappa shape index (κ2) is 10.6. The lowest BCUT2D eigenvalue weighted by Gasteiger charge is -2.15. The standard InChI is InChI=1S/C22H19N3O4S2/c1-29-17-12-6-5-11-16(17)20(27)24-23-19(26)14-25-21(28)18(31-22(25)30)13-7-10-15-8-3-2-4-9-15/h2-13H,14H2,1H3,(H,23,26)(H,24,27). The zero-order chi connectivity index (χ0) is 22.2. The summed E-state index contributed by atoms with van der Waals surface area (Å²) in [6.07, 6.45) is 5.29. The molecule has 3 rings (SSSR count). The van der Waals surface area contributed by atoms with Crippen LogP contribution in [0.3, 0.4) is 0 Å². The van der Waals surface area contributed by atoms with Crippen molar-refractivity contribution < 1.29 is 19.1 Å². The number of ether oxygens (including phenoxy) is 1. The third-order valence-corrected chi connectivity index (χ3v) is 5.57. The zero-order valence-corrected chi connectivity index (χ0v) is 18.2. The van der Waals surface area contributed by atoms with Crippen LogP contribution in [0, 0.1) is 0 Å². The number of nitrogens with one attached hydrogen (secondary N) is 2. The van der Waals surface area contributed by atoms with E-state index < -0.39 is 11.8 Å². The van der Waals surface area contributed by atoms with Crippen LogP contribution >= 0.6 is 24.0 Å². The number of methoxy groups -OCH3 is 1. The Morgan fingerprint density at radius 3 is 2.55 bits per heavy atom. The van der Waals surface area contributed by atoms with Crippen molar-refractivity contribution in [2.75, 3.05) is 13.7 Å². The number of para-hydroxylation sites is 1.